The quantitative estimate of drug-likeness (QED) is 0.568. The Morgan fingerprint density at radius 2 is 1.50 bits per heavy atom. The maximum atomic E-state index is 11.8. The first kappa shape index (κ1) is 12.8. The number of hydrogen-bond donors (Lipinski definition) is 1. The first-order valence-electron chi connectivity index (χ1n) is 3.17. The van der Waals surface area contributed by atoms with Crippen molar-refractivity contribution in [2.24, 2.45) is 0 Å². The molecule has 0 radical (unpaired) electrons. The molecule has 0 atom stereocenters. The van der Waals surface area contributed by atoms with Gasteiger partial charge in [0.25, 0.3) is 5.78 Å². The minimum Gasteiger partial charge on any atom is -0.384 e. The van der Waals surface area contributed by atoms with Gasteiger partial charge in [-0.05, 0) is 0 Å². The van der Waals surface area contributed by atoms with Crippen molar-refractivity contribution in [2.45, 2.75) is 12.4 Å². The Morgan fingerprint density at radius 3 is 1.71 bits per heavy atom. The van der Waals surface area contributed by atoms with E-state index in [1.807, 2.05) is 0 Å². The van der Waals surface area contributed by atoms with Gasteiger partial charge in [0.2, 0.25) is 0 Å². The van der Waals surface area contributed by atoms with Gasteiger partial charge in [0.15, 0.2) is 0 Å². The van der Waals surface area contributed by atoms with Crippen LogP contribution in [0.2, 0.25) is 0 Å². The topological polar surface area (TPSA) is 29.1 Å². The Balaban J connectivity index is 4.89. The normalized spacial score (nSPS) is 14.1. The molecule has 0 aromatic rings. The number of carbonyl (C=O) groups is 1. The highest BCUT2D eigenvalue weighted by atomic mass is 19.4. The Hall–Kier alpha value is -1.21. The molecule has 0 aromatic heterocycles. The highest BCUT2D eigenvalue weighted by Gasteiger charge is 2.40. The molecule has 0 fully saturated rings. The van der Waals surface area contributed by atoms with E-state index in [2.05, 4.69) is 0 Å². The van der Waals surface area contributed by atoms with Gasteiger partial charge in [0.1, 0.15) is 5.70 Å². The minimum absolute atomic E-state index is 0.528. The third kappa shape index (κ3) is 3.67. The van der Waals surface area contributed by atoms with Crippen LogP contribution in [0.1, 0.15) is 0 Å². The maximum Gasteiger partial charge on any atom is 0.454 e. The van der Waals surface area contributed by atoms with E-state index >= 15 is 0 Å². The zero-order chi connectivity index (χ0) is 11.6. The van der Waals surface area contributed by atoms with Gasteiger partial charge >= 0.3 is 12.4 Å². The van der Waals surface area contributed by atoms with Gasteiger partial charge in [0, 0.05) is 13.1 Å². The number of allylic oxidation sites excluding steroid dienone is 2. The Morgan fingerprint density at radius 1 is 1.07 bits per heavy atom. The fourth-order valence-corrected chi connectivity index (χ4v) is 0.509. The third-order valence-electron chi connectivity index (χ3n) is 1.13. The summed E-state index contributed by atoms with van der Waals surface area (Å²) in [5.41, 5.74) is -1.74. The van der Waals surface area contributed by atoms with E-state index in [0.29, 0.717) is 0 Å². The zero-order valence-corrected chi connectivity index (χ0v) is 6.75. The monoisotopic (exact) mass is 221 g/mol. The predicted molar refractivity (Wildman–Crippen MR) is 34.3 cm³/mol. The van der Waals surface area contributed by atoms with E-state index in [0.717, 1.165) is 7.05 Å². The van der Waals surface area contributed by atoms with E-state index in [1.165, 1.54) is 5.32 Å². The molecule has 2 nitrogen and oxygen atoms in total. The first-order valence-corrected chi connectivity index (χ1v) is 3.17. The number of nitrogens with one attached hydrogen (secondary N) is 1. The lowest BCUT2D eigenvalue weighted by Gasteiger charge is -2.10. The smallest absolute Gasteiger partial charge is 0.384 e. The number of hydrogen-bond acceptors (Lipinski definition) is 2. The Labute approximate surface area is 74.6 Å². The molecule has 1 N–H and O–H groups in total. The molecule has 14 heavy (non-hydrogen) atoms. The van der Waals surface area contributed by atoms with Crippen LogP contribution in [0.4, 0.5) is 26.3 Å². The van der Waals surface area contributed by atoms with Gasteiger partial charge in [-0.25, -0.2) is 0 Å². The van der Waals surface area contributed by atoms with Gasteiger partial charge in [-0.3, -0.25) is 4.79 Å². The van der Waals surface area contributed by atoms with Crippen LogP contribution in [0.25, 0.3) is 0 Å². The molecule has 0 aromatic carbocycles. The van der Waals surface area contributed by atoms with Crippen LogP contribution < -0.4 is 5.32 Å². The molecule has 0 heterocycles. The van der Waals surface area contributed by atoms with Crippen molar-refractivity contribution in [1.29, 1.82) is 0 Å². The van der Waals surface area contributed by atoms with Crippen LogP contribution >= 0.6 is 0 Å². The molecule has 0 saturated carbocycles. The Kier molecular flexibility index (Phi) is 3.55. The molecule has 82 valence electrons. The predicted octanol–water partition coefficient (Wildman–Crippen LogP) is 1.78. The van der Waals surface area contributed by atoms with Gasteiger partial charge in [0.05, 0.1) is 0 Å². The summed E-state index contributed by atoms with van der Waals surface area (Å²) in [6.07, 6.45) is -10.8. The second-order valence-electron chi connectivity index (χ2n) is 2.17. The molecule has 0 saturated heterocycles. The molecular formula is C6H5F6NO. The number of carbonyl (C=O) groups excluding carboxylic acids is 1. The van der Waals surface area contributed by atoms with Crippen molar-refractivity contribution in [3.05, 3.63) is 11.8 Å². The van der Waals surface area contributed by atoms with E-state index in [1.54, 1.807) is 0 Å². The summed E-state index contributed by atoms with van der Waals surface area (Å²) >= 11 is 0. The van der Waals surface area contributed by atoms with Crippen molar-refractivity contribution < 1.29 is 31.1 Å². The summed E-state index contributed by atoms with van der Waals surface area (Å²) in [5.74, 6) is -2.56. The van der Waals surface area contributed by atoms with Crippen LogP contribution in [-0.4, -0.2) is 25.2 Å². The van der Waals surface area contributed by atoms with Crippen molar-refractivity contribution in [1.82, 2.24) is 5.32 Å². The van der Waals surface area contributed by atoms with E-state index in [-0.39, 0.29) is 0 Å². The molecule has 0 rings (SSSR count). The van der Waals surface area contributed by atoms with Gasteiger partial charge in [-0.2, -0.15) is 26.3 Å². The Bertz CT molecular complexity index is 250. The lowest BCUT2D eigenvalue weighted by molar-refractivity contribution is -0.166. The summed E-state index contributed by atoms with van der Waals surface area (Å²) in [5, 5.41) is 1.46. The largest absolute Gasteiger partial charge is 0.454 e. The fourth-order valence-electron chi connectivity index (χ4n) is 0.509. The molecule has 0 aliphatic rings. The lowest BCUT2D eigenvalue weighted by atomic mass is 10.3. The van der Waals surface area contributed by atoms with Crippen LogP contribution in [0.5, 0.6) is 0 Å². The van der Waals surface area contributed by atoms with Crippen LogP contribution in [-0.2, 0) is 4.79 Å². The average Bonchev–Trinajstić information content (AvgIpc) is 1.95. The van der Waals surface area contributed by atoms with Crippen molar-refractivity contribution in [3.63, 3.8) is 0 Å². The maximum absolute atomic E-state index is 11.8. The number of ketones is 1. The van der Waals surface area contributed by atoms with E-state index < -0.39 is 29.9 Å². The molecule has 0 spiro atoms. The van der Waals surface area contributed by atoms with Crippen molar-refractivity contribution in [3.8, 4) is 0 Å². The summed E-state index contributed by atoms with van der Waals surface area (Å²) in [7, 11) is 0.767. The third-order valence-corrected chi connectivity index (χ3v) is 1.13. The van der Waals surface area contributed by atoms with Gasteiger partial charge < -0.3 is 5.32 Å². The van der Waals surface area contributed by atoms with E-state index in [9.17, 15) is 31.1 Å². The molecule has 0 amide bonds. The summed E-state index contributed by atoms with van der Waals surface area (Å²) in [6.45, 7) is 0. The first-order chi connectivity index (χ1) is 6.09. The zero-order valence-electron chi connectivity index (χ0n) is 6.75. The molecular weight excluding hydrogens is 216 g/mol. The SMILES string of the molecule is CN/C(=C/C(=O)C(F)(F)F)C(F)(F)F. The minimum atomic E-state index is -5.30. The summed E-state index contributed by atoms with van der Waals surface area (Å²) in [6, 6.07) is 0. The number of alkyl halides is 6. The lowest BCUT2D eigenvalue weighted by Crippen LogP contribution is -2.28. The van der Waals surface area contributed by atoms with Crippen LogP contribution in [0.3, 0.4) is 0 Å². The summed E-state index contributed by atoms with van der Waals surface area (Å²) < 4.78 is 70.1. The highest BCUT2D eigenvalue weighted by molar-refractivity contribution is 5.95. The van der Waals surface area contributed by atoms with Gasteiger partial charge in [-0.1, -0.05) is 0 Å². The highest BCUT2D eigenvalue weighted by Crippen LogP contribution is 2.25. The summed E-state index contributed by atoms with van der Waals surface area (Å²) in [4.78, 5) is 10.1. The van der Waals surface area contributed by atoms with Gasteiger partial charge in [-0.15, -0.1) is 0 Å². The molecule has 0 aliphatic carbocycles. The number of halogens is 6. The molecule has 8 heteroatoms. The average molecular weight is 221 g/mol. The van der Waals surface area contributed by atoms with Crippen LogP contribution in [0.15, 0.2) is 11.8 Å². The standard InChI is InChI=1S/C6H5F6NO/c1-13-3(5(7,8)9)2-4(14)6(10,11)12/h2,13H,1H3/b3-2+. The fraction of sp³-hybridized carbons (Fsp3) is 0.500. The molecule has 0 unspecified atom stereocenters. The molecule has 0 bridgehead atoms. The van der Waals surface area contributed by atoms with Crippen molar-refractivity contribution in [2.75, 3.05) is 7.05 Å². The second-order valence-corrected chi connectivity index (χ2v) is 2.17. The molecule has 0 aliphatic heterocycles. The second kappa shape index (κ2) is 3.89. The van der Waals surface area contributed by atoms with E-state index in [4.69, 9.17) is 0 Å². The number of rotatable bonds is 2. The van der Waals surface area contributed by atoms with Crippen molar-refractivity contribution >= 4 is 5.78 Å². The van der Waals surface area contributed by atoms with Crippen LogP contribution in [0, 0.1) is 0 Å².